The standard InChI is InChI=1S/C16H21Cl3N2O4S/c1-6-25-14(24)10-8(4)11(9(5)22)26-13(10)21-15(16(17,18)19)20-12(23)7(2)3/h7,15,21H,6H2,1-5H3,(H,20,23). The molecule has 0 bridgehead atoms. The Kier molecular flexibility index (Phi) is 8.20. The van der Waals surface area contributed by atoms with E-state index in [1.165, 1.54) is 6.92 Å². The molecule has 0 radical (unpaired) electrons. The minimum atomic E-state index is -1.90. The lowest BCUT2D eigenvalue weighted by Gasteiger charge is -2.28. The van der Waals surface area contributed by atoms with Crippen LogP contribution in [0.5, 0.6) is 0 Å². The van der Waals surface area contributed by atoms with E-state index in [2.05, 4.69) is 10.6 Å². The molecule has 0 spiro atoms. The fourth-order valence-corrected chi connectivity index (χ4v) is 3.49. The van der Waals surface area contributed by atoms with Crippen LogP contribution >= 0.6 is 46.1 Å². The largest absolute Gasteiger partial charge is 0.462 e. The number of ether oxygens (including phenoxy) is 1. The van der Waals surface area contributed by atoms with Crippen LogP contribution in [-0.4, -0.2) is 34.2 Å². The highest BCUT2D eigenvalue weighted by Crippen LogP contribution is 2.38. The second kappa shape index (κ2) is 9.26. The topological polar surface area (TPSA) is 84.5 Å². The van der Waals surface area contributed by atoms with Crippen LogP contribution in [0, 0.1) is 12.8 Å². The summed E-state index contributed by atoms with van der Waals surface area (Å²) in [7, 11) is 0. The maximum absolute atomic E-state index is 12.3. The van der Waals surface area contributed by atoms with E-state index in [4.69, 9.17) is 39.5 Å². The monoisotopic (exact) mass is 442 g/mol. The van der Waals surface area contributed by atoms with E-state index in [1.807, 2.05) is 0 Å². The number of ketones is 1. The molecule has 0 aliphatic heterocycles. The van der Waals surface area contributed by atoms with Crippen LogP contribution in [0.2, 0.25) is 0 Å². The fourth-order valence-electron chi connectivity index (χ4n) is 2.04. The summed E-state index contributed by atoms with van der Waals surface area (Å²) in [6, 6.07) is 0. The molecular formula is C16H21Cl3N2O4S. The van der Waals surface area contributed by atoms with Gasteiger partial charge in [-0.2, -0.15) is 0 Å². The van der Waals surface area contributed by atoms with Crippen LogP contribution in [0.25, 0.3) is 0 Å². The average Bonchev–Trinajstić information content (AvgIpc) is 2.82. The molecule has 0 aliphatic rings. The lowest BCUT2D eigenvalue weighted by molar-refractivity contribution is -0.124. The third kappa shape index (κ3) is 5.74. The summed E-state index contributed by atoms with van der Waals surface area (Å²) in [5.41, 5.74) is 0.654. The molecule has 1 aromatic heterocycles. The number of carbonyl (C=O) groups excluding carboxylic acids is 3. The molecule has 0 aliphatic carbocycles. The zero-order valence-electron chi connectivity index (χ0n) is 15.0. The second-order valence-electron chi connectivity index (χ2n) is 5.82. The third-order valence-electron chi connectivity index (χ3n) is 3.36. The molecule has 1 unspecified atom stereocenters. The Morgan fingerprint density at radius 2 is 1.81 bits per heavy atom. The van der Waals surface area contributed by atoms with Crippen LogP contribution in [0.1, 0.15) is 53.3 Å². The van der Waals surface area contributed by atoms with Gasteiger partial charge >= 0.3 is 5.97 Å². The minimum Gasteiger partial charge on any atom is -0.462 e. The van der Waals surface area contributed by atoms with E-state index in [-0.39, 0.29) is 34.8 Å². The normalized spacial score (nSPS) is 12.7. The Morgan fingerprint density at radius 3 is 2.23 bits per heavy atom. The number of esters is 1. The summed E-state index contributed by atoms with van der Waals surface area (Å²) in [4.78, 5) is 36.6. The van der Waals surface area contributed by atoms with Crippen molar-refractivity contribution in [2.24, 2.45) is 5.92 Å². The molecule has 6 nitrogen and oxygen atoms in total. The third-order valence-corrected chi connectivity index (χ3v) is 5.34. The molecule has 1 atom stereocenters. The predicted octanol–water partition coefficient (Wildman–Crippen LogP) is 4.32. The first-order chi connectivity index (χ1) is 11.9. The zero-order valence-corrected chi connectivity index (χ0v) is 18.1. The molecule has 1 amide bonds. The van der Waals surface area contributed by atoms with Crippen LogP contribution in [-0.2, 0) is 9.53 Å². The molecule has 0 aromatic carbocycles. The molecule has 0 fully saturated rings. The summed E-state index contributed by atoms with van der Waals surface area (Å²) in [5, 5.41) is 5.74. The Morgan fingerprint density at radius 1 is 1.23 bits per heavy atom. The first-order valence-electron chi connectivity index (χ1n) is 7.85. The van der Waals surface area contributed by atoms with Gasteiger partial charge in [-0.3, -0.25) is 9.59 Å². The summed E-state index contributed by atoms with van der Waals surface area (Å²) >= 11 is 19.0. The van der Waals surface area contributed by atoms with Crippen LogP contribution in [0.4, 0.5) is 5.00 Å². The number of thiophene rings is 1. The Balaban J connectivity index is 3.33. The van der Waals surface area contributed by atoms with Crippen molar-refractivity contribution in [2.45, 2.75) is 44.6 Å². The lowest BCUT2D eigenvalue weighted by Crippen LogP contribution is -2.50. The zero-order chi connectivity index (χ0) is 20.2. The van der Waals surface area contributed by atoms with Crippen molar-refractivity contribution in [3.8, 4) is 0 Å². The fraction of sp³-hybridized carbons (Fsp3) is 0.562. The highest BCUT2D eigenvalue weighted by molar-refractivity contribution is 7.18. The number of Topliss-reactive ketones (excluding diaryl/α,β-unsaturated/α-hetero) is 1. The highest BCUT2D eigenvalue weighted by Gasteiger charge is 2.36. The maximum atomic E-state index is 12.3. The molecule has 146 valence electrons. The van der Waals surface area contributed by atoms with Gasteiger partial charge in [-0.25, -0.2) is 4.79 Å². The Hall–Kier alpha value is -1.02. The number of halogens is 3. The first-order valence-corrected chi connectivity index (χ1v) is 9.80. The van der Waals surface area contributed by atoms with E-state index in [0.29, 0.717) is 10.4 Å². The molecule has 1 rings (SSSR count). The predicted molar refractivity (Wildman–Crippen MR) is 106 cm³/mol. The van der Waals surface area contributed by atoms with E-state index >= 15 is 0 Å². The number of anilines is 1. The quantitative estimate of drug-likeness (QED) is 0.284. The van der Waals surface area contributed by atoms with Gasteiger partial charge in [-0.05, 0) is 26.3 Å². The summed E-state index contributed by atoms with van der Waals surface area (Å²) < 4.78 is 3.16. The maximum Gasteiger partial charge on any atom is 0.341 e. The molecule has 1 heterocycles. The van der Waals surface area contributed by atoms with E-state index < -0.39 is 15.9 Å². The second-order valence-corrected chi connectivity index (χ2v) is 9.21. The molecule has 0 saturated carbocycles. The van der Waals surface area contributed by atoms with Crippen LogP contribution in [0.3, 0.4) is 0 Å². The van der Waals surface area contributed by atoms with Gasteiger partial charge in [-0.15, -0.1) is 11.3 Å². The number of rotatable bonds is 7. The van der Waals surface area contributed by atoms with E-state index in [1.54, 1.807) is 27.7 Å². The van der Waals surface area contributed by atoms with Crippen molar-refractivity contribution in [3.05, 3.63) is 16.0 Å². The van der Waals surface area contributed by atoms with Gasteiger partial charge in [0.05, 0.1) is 17.0 Å². The van der Waals surface area contributed by atoms with Crippen molar-refractivity contribution >= 4 is 68.8 Å². The number of alkyl halides is 3. The van der Waals surface area contributed by atoms with Crippen molar-refractivity contribution in [1.82, 2.24) is 5.32 Å². The van der Waals surface area contributed by atoms with Gasteiger partial charge in [0.1, 0.15) is 11.2 Å². The number of hydrogen-bond acceptors (Lipinski definition) is 6. The first kappa shape index (κ1) is 23.0. The average molecular weight is 444 g/mol. The number of carbonyl (C=O) groups is 3. The van der Waals surface area contributed by atoms with Crippen LogP contribution < -0.4 is 10.6 Å². The SMILES string of the molecule is CCOC(=O)c1c(NC(NC(=O)C(C)C)C(Cl)(Cl)Cl)sc(C(C)=O)c1C. The van der Waals surface area contributed by atoms with Crippen LogP contribution in [0.15, 0.2) is 0 Å². The van der Waals surface area contributed by atoms with Gasteiger partial charge in [0, 0.05) is 5.92 Å². The number of hydrogen-bond donors (Lipinski definition) is 2. The molecule has 26 heavy (non-hydrogen) atoms. The van der Waals surface area contributed by atoms with Crippen molar-refractivity contribution in [2.75, 3.05) is 11.9 Å². The Labute approximate surface area is 171 Å². The summed E-state index contributed by atoms with van der Waals surface area (Å²) in [6.45, 7) is 8.26. The summed E-state index contributed by atoms with van der Waals surface area (Å²) in [6.07, 6.45) is -1.12. The van der Waals surface area contributed by atoms with Gasteiger partial charge < -0.3 is 15.4 Å². The minimum absolute atomic E-state index is 0.168. The number of nitrogens with one attached hydrogen (secondary N) is 2. The van der Waals surface area contributed by atoms with Gasteiger partial charge in [0.2, 0.25) is 9.70 Å². The molecule has 0 saturated heterocycles. The number of amides is 1. The highest BCUT2D eigenvalue weighted by atomic mass is 35.6. The molecular weight excluding hydrogens is 423 g/mol. The molecule has 2 N–H and O–H groups in total. The van der Waals surface area contributed by atoms with E-state index in [0.717, 1.165) is 11.3 Å². The van der Waals surface area contributed by atoms with E-state index in [9.17, 15) is 14.4 Å². The van der Waals surface area contributed by atoms with Gasteiger partial charge in [0.25, 0.3) is 0 Å². The Bertz CT molecular complexity index is 698. The lowest BCUT2D eigenvalue weighted by atomic mass is 10.1. The smallest absolute Gasteiger partial charge is 0.341 e. The summed E-state index contributed by atoms with van der Waals surface area (Å²) in [5.74, 6) is -1.49. The molecule has 10 heteroatoms. The van der Waals surface area contributed by atoms with Gasteiger partial charge in [0.15, 0.2) is 5.78 Å². The van der Waals surface area contributed by atoms with Gasteiger partial charge in [-0.1, -0.05) is 48.7 Å². The van der Waals surface area contributed by atoms with Crippen molar-refractivity contribution in [1.29, 1.82) is 0 Å². The van der Waals surface area contributed by atoms with Crippen molar-refractivity contribution in [3.63, 3.8) is 0 Å². The van der Waals surface area contributed by atoms with Crippen molar-refractivity contribution < 1.29 is 19.1 Å². The molecule has 1 aromatic rings.